The van der Waals surface area contributed by atoms with Crippen LogP contribution in [-0.2, 0) is 0 Å². The molecule has 0 fully saturated rings. The molecule has 0 saturated carbocycles. The Bertz CT molecular complexity index is 3420. The van der Waals surface area contributed by atoms with Crippen LogP contribution in [0.4, 0.5) is 5.69 Å². The molecule has 11 rings (SSSR count). The SMILES string of the molecule is C=C/C=C(\C=C/C)c1c2c(c(-c3ccccc3)c3ccccc13)-c1ccc(-c3ccc(-c4cc5ccc(N)cc5c5ccccc45)c4ccccc34)c3cccc-2c13. The molecule has 1 nitrogen and oxygen atoms in total. The molecular formula is C57H39N. The van der Waals surface area contributed by atoms with E-state index in [4.69, 9.17) is 5.73 Å². The zero-order valence-electron chi connectivity index (χ0n) is 32.3. The third-order valence-corrected chi connectivity index (χ3v) is 12.2. The van der Waals surface area contributed by atoms with Crippen LogP contribution in [0.25, 0.3) is 115 Å². The zero-order valence-corrected chi connectivity index (χ0v) is 32.3. The van der Waals surface area contributed by atoms with Crippen LogP contribution >= 0.6 is 0 Å². The van der Waals surface area contributed by atoms with E-state index in [2.05, 4.69) is 196 Å². The normalized spacial score (nSPS) is 12.4. The molecule has 58 heavy (non-hydrogen) atoms. The van der Waals surface area contributed by atoms with E-state index in [1.165, 1.54) is 115 Å². The zero-order chi connectivity index (χ0) is 38.9. The summed E-state index contributed by atoms with van der Waals surface area (Å²) in [5.74, 6) is 0. The topological polar surface area (TPSA) is 26.0 Å². The summed E-state index contributed by atoms with van der Waals surface area (Å²) in [7, 11) is 0. The Kier molecular flexibility index (Phi) is 7.77. The molecule has 1 heteroatoms. The van der Waals surface area contributed by atoms with Crippen LogP contribution in [0.1, 0.15) is 12.5 Å². The number of allylic oxidation sites excluding steroid dienone is 5. The molecule has 0 aromatic heterocycles. The van der Waals surface area contributed by atoms with Crippen molar-refractivity contribution in [2.45, 2.75) is 6.92 Å². The molecule has 0 spiro atoms. The van der Waals surface area contributed by atoms with Crippen LogP contribution in [0.15, 0.2) is 201 Å². The second kappa shape index (κ2) is 13.3. The molecule has 2 N–H and O–H groups in total. The smallest absolute Gasteiger partial charge is 0.0320 e. The Morgan fingerprint density at radius 2 is 1.02 bits per heavy atom. The Labute approximate surface area is 338 Å². The van der Waals surface area contributed by atoms with Crippen LogP contribution in [0.3, 0.4) is 0 Å². The number of nitrogens with two attached hydrogens (primary N) is 1. The first-order valence-electron chi connectivity index (χ1n) is 20.0. The first-order chi connectivity index (χ1) is 28.6. The Morgan fingerprint density at radius 1 is 0.448 bits per heavy atom. The molecule has 0 unspecified atom stereocenters. The molecule has 0 saturated heterocycles. The van der Waals surface area contributed by atoms with Crippen LogP contribution in [0.2, 0.25) is 0 Å². The van der Waals surface area contributed by atoms with Crippen LogP contribution in [0.5, 0.6) is 0 Å². The van der Waals surface area contributed by atoms with Crippen molar-refractivity contribution in [3.63, 3.8) is 0 Å². The molecule has 0 radical (unpaired) electrons. The summed E-state index contributed by atoms with van der Waals surface area (Å²) in [6, 6.07) is 62.4. The quantitative estimate of drug-likeness (QED) is 0.103. The lowest BCUT2D eigenvalue weighted by Gasteiger charge is -2.20. The third kappa shape index (κ3) is 4.97. The molecular weight excluding hydrogens is 699 g/mol. The maximum absolute atomic E-state index is 6.29. The number of benzene rings is 10. The molecule has 0 atom stereocenters. The monoisotopic (exact) mass is 737 g/mol. The van der Waals surface area contributed by atoms with E-state index in [0.29, 0.717) is 0 Å². The first kappa shape index (κ1) is 33.8. The lowest BCUT2D eigenvalue weighted by molar-refractivity contribution is 1.61. The van der Waals surface area contributed by atoms with Crippen LogP contribution in [-0.4, -0.2) is 0 Å². The van der Waals surface area contributed by atoms with Gasteiger partial charge in [-0.25, -0.2) is 0 Å². The second-order valence-corrected chi connectivity index (χ2v) is 15.3. The van der Waals surface area contributed by atoms with Gasteiger partial charge in [-0.05, 0) is 146 Å². The van der Waals surface area contributed by atoms with Crippen molar-refractivity contribution in [1.82, 2.24) is 0 Å². The Morgan fingerprint density at radius 3 is 1.72 bits per heavy atom. The summed E-state index contributed by atoms with van der Waals surface area (Å²) in [5.41, 5.74) is 22.0. The molecule has 0 amide bonds. The molecule has 1 aliphatic carbocycles. The van der Waals surface area contributed by atoms with E-state index in [1.54, 1.807) is 0 Å². The fourth-order valence-corrected chi connectivity index (χ4v) is 9.88. The summed E-state index contributed by atoms with van der Waals surface area (Å²) in [5, 5.41) is 12.3. The molecule has 10 aromatic carbocycles. The van der Waals surface area contributed by atoms with Gasteiger partial charge in [-0.3, -0.25) is 0 Å². The van der Waals surface area contributed by atoms with Gasteiger partial charge in [-0.1, -0.05) is 183 Å². The third-order valence-electron chi connectivity index (χ3n) is 12.2. The number of hydrogen-bond acceptors (Lipinski definition) is 1. The summed E-state index contributed by atoms with van der Waals surface area (Å²) < 4.78 is 0. The maximum Gasteiger partial charge on any atom is 0.0320 e. The van der Waals surface area contributed by atoms with Gasteiger partial charge < -0.3 is 5.73 Å². The van der Waals surface area contributed by atoms with E-state index in [0.717, 1.165) is 11.3 Å². The Hall–Kier alpha value is -7.48. The molecule has 0 heterocycles. The van der Waals surface area contributed by atoms with E-state index < -0.39 is 0 Å². The second-order valence-electron chi connectivity index (χ2n) is 15.3. The molecule has 0 aliphatic heterocycles. The largest absolute Gasteiger partial charge is 0.399 e. The van der Waals surface area contributed by atoms with Gasteiger partial charge in [0.2, 0.25) is 0 Å². The van der Waals surface area contributed by atoms with Gasteiger partial charge in [0.15, 0.2) is 0 Å². The van der Waals surface area contributed by atoms with Gasteiger partial charge in [0.25, 0.3) is 0 Å². The minimum atomic E-state index is 0.779. The van der Waals surface area contributed by atoms with E-state index in [1.807, 2.05) is 12.1 Å². The van der Waals surface area contributed by atoms with Gasteiger partial charge in [-0.15, -0.1) is 0 Å². The minimum Gasteiger partial charge on any atom is -0.399 e. The van der Waals surface area contributed by atoms with Crippen molar-refractivity contribution < 1.29 is 0 Å². The number of rotatable bonds is 6. The van der Waals surface area contributed by atoms with Crippen molar-refractivity contribution in [1.29, 1.82) is 0 Å². The standard InChI is InChI=1S/C57H39N/c1-3-15-35(16-4-2)53-47-23-12-13-24-48(47)54(36-17-6-5-7-18-36)57-50-32-31-44(46-25-14-26-49(55(46)50)56(53)57)43-29-30-45(40-20-9-8-19-39(40)43)52-33-37-27-28-38(58)34-51(37)41-21-10-11-22-42(41)52/h3-34H,1,58H2,2H3/b16-4-,35-15+. The van der Waals surface area contributed by atoms with E-state index >= 15 is 0 Å². The molecule has 1 aliphatic rings. The predicted molar refractivity (Wildman–Crippen MR) is 252 cm³/mol. The molecule has 272 valence electrons. The van der Waals surface area contributed by atoms with Gasteiger partial charge in [0, 0.05) is 5.69 Å². The molecule has 10 aromatic rings. The van der Waals surface area contributed by atoms with E-state index in [-0.39, 0.29) is 0 Å². The van der Waals surface area contributed by atoms with Gasteiger partial charge in [0.1, 0.15) is 0 Å². The minimum absolute atomic E-state index is 0.779. The number of fused-ring (bicyclic) bond motifs is 8. The van der Waals surface area contributed by atoms with Crippen molar-refractivity contribution >= 4 is 65.1 Å². The summed E-state index contributed by atoms with van der Waals surface area (Å²) >= 11 is 0. The van der Waals surface area contributed by atoms with Gasteiger partial charge in [0.05, 0.1) is 0 Å². The fourth-order valence-electron chi connectivity index (χ4n) is 9.88. The van der Waals surface area contributed by atoms with Crippen molar-refractivity contribution in [3.8, 4) is 55.6 Å². The van der Waals surface area contributed by atoms with Crippen LogP contribution < -0.4 is 5.73 Å². The lowest BCUT2D eigenvalue weighted by atomic mass is 9.82. The number of hydrogen-bond donors (Lipinski definition) is 1. The Balaban J connectivity index is 1.20. The average molecular weight is 738 g/mol. The average Bonchev–Trinajstić information content (AvgIpc) is 3.60. The summed E-state index contributed by atoms with van der Waals surface area (Å²) in [4.78, 5) is 0. The lowest BCUT2D eigenvalue weighted by Crippen LogP contribution is -1.95. The highest BCUT2D eigenvalue weighted by molar-refractivity contribution is 6.28. The van der Waals surface area contributed by atoms with E-state index in [9.17, 15) is 0 Å². The molecule has 0 bridgehead atoms. The fraction of sp³-hybridized carbons (Fsp3) is 0.0175. The highest BCUT2D eigenvalue weighted by atomic mass is 14.5. The maximum atomic E-state index is 6.29. The van der Waals surface area contributed by atoms with Crippen molar-refractivity contribution in [3.05, 3.63) is 206 Å². The van der Waals surface area contributed by atoms with Gasteiger partial charge in [-0.2, -0.15) is 0 Å². The highest BCUT2D eigenvalue weighted by Crippen LogP contribution is 2.58. The summed E-state index contributed by atoms with van der Waals surface area (Å²) in [6.07, 6.45) is 8.42. The highest BCUT2D eigenvalue weighted by Gasteiger charge is 2.31. The van der Waals surface area contributed by atoms with Crippen molar-refractivity contribution in [2.75, 3.05) is 5.73 Å². The van der Waals surface area contributed by atoms with Crippen LogP contribution in [0, 0.1) is 0 Å². The number of anilines is 1. The first-order valence-corrected chi connectivity index (χ1v) is 20.0. The van der Waals surface area contributed by atoms with Crippen molar-refractivity contribution in [2.24, 2.45) is 0 Å². The predicted octanol–water partition coefficient (Wildman–Crippen LogP) is 15.8. The summed E-state index contributed by atoms with van der Waals surface area (Å²) in [6.45, 7) is 6.23. The van der Waals surface area contributed by atoms with Gasteiger partial charge >= 0.3 is 0 Å². The number of nitrogen functional groups attached to an aromatic ring is 1.